The molecule has 1 aromatic carbocycles. The normalized spacial score (nSPS) is 25.1. The second-order valence-corrected chi connectivity index (χ2v) is 5.51. The molecule has 1 aliphatic rings. The van der Waals surface area contributed by atoms with Gasteiger partial charge >= 0.3 is 0 Å². The maximum Gasteiger partial charge on any atom is 0.0340 e. The molecule has 1 N–H and O–H groups in total. The molecule has 2 atom stereocenters. The van der Waals surface area contributed by atoms with Crippen molar-refractivity contribution in [3.8, 4) is 0 Å². The molecular formula is C15H24N2. The van der Waals surface area contributed by atoms with Crippen molar-refractivity contribution < 1.29 is 0 Å². The van der Waals surface area contributed by atoms with Gasteiger partial charge in [-0.3, -0.25) is 0 Å². The zero-order chi connectivity index (χ0) is 12.3. The van der Waals surface area contributed by atoms with Gasteiger partial charge in [-0.05, 0) is 30.9 Å². The van der Waals surface area contributed by atoms with Crippen molar-refractivity contribution in [2.75, 3.05) is 31.5 Å². The molecule has 0 aromatic heterocycles. The predicted octanol–water partition coefficient (Wildman–Crippen LogP) is 2.99. The molecule has 0 saturated carbocycles. The van der Waals surface area contributed by atoms with E-state index in [1.165, 1.54) is 24.3 Å². The highest BCUT2D eigenvalue weighted by Crippen LogP contribution is 2.21. The van der Waals surface area contributed by atoms with Crippen molar-refractivity contribution in [1.29, 1.82) is 0 Å². The fraction of sp³-hybridized carbons (Fsp3) is 0.600. The van der Waals surface area contributed by atoms with Crippen LogP contribution in [-0.2, 0) is 0 Å². The fourth-order valence-corrected chi connectivity index (χ4v) is 2.46. The van der Waals surface area contributed by atoms with Crippen LogP contribution in [0.1, 0.15) is 19.4 Å². The molecular weight excluding hydrogens is 208 g/mol. The summed E-state index contributed by atoms with van der Waals surface area (Å²) >= 11 is 0. The number of nitrogens with one attached hydrogen (secondary N) is 1. The molecule has 94 valence electrons. The number of rotatable bonds is 4. The monoisotopic (exact) mass is 232 g/mol. The van der Waals surface area contributed by atoms with Gasteiger partial charge < -0.3 is 10.2 Å². The molecule has 1 saturated heterocycles. The first kappa shape index (κ1) is 12.4. The Balaban J connectivity index is 1.71. The zero-order valence-corrected chi connectivity index (χ0v) is 11.2. The minimum Gasteiger partial charge on any atom is -0.384 e. The Kier molecular flexibility index (Phi) is 4.06. The minimum absolute atomic E-state index is 0.856. The molecule has 1 aromatic rings. The summed E-state index contributed by atoms with van der Waals surface area (Å²) in [6.07, 6.45) is 0. The number of nitrogens with zero attached hydrogens (tertiary/aromatic N) is 1. The molecule has 2 nitrogen and oxygen atoms in total. The molecule has 1 aliphatic heterocycles. The van der Waals surface area contributed by atoms with Crippen LogP contribution in [0.2, 0.25) is 0 Å². The molecule has 0 amide bonds. The maximum atomic E-state index is 3.49. The largest absolute Gasteiger partial charge is 0.384 e. The first-order valence-corrected chi connectivity index (χ1v) is 6.68. The smallest absolute Gasteiger partial charge is 0.0340 e. The van der Waals surface area contributed by atoms with E-state index in [9.17, 15) is 0 Å². The van der Waals surface area contributed by atoms with Gasteiger partial charge in [0.15, 0.2) is 0 Å². The lowest BCUT2D eigenvalue weighted by molar-refractivity contribution is 0.337. The van der Waals surface area contributed by atoms with Crippen molar-refractivity contribution in [1.82, 2.24) is 4.90 Å². The fourth-order valence-electron chi connectivity index (χ4n) is 2.46. The molecule has 0 spiro atoms. The highest BCUT2D eigenvalue weighted by Gasteiger charge is 2.25. The minimum atomic E-state index is 0.856. The summed E-state index contributed by atoms with van der Waals surface area (Å²) in [5.74, 6) is 1.71. The lowest BCUT2D eigenvalue weighted by Gasteiger charge is -2.16. The van der Waals surface area contributed by atoms with Crippen LogP contribution in [0, 0.1) is 18.8 Å². The van der Waals surface area contributed by atoms with Gasteiger partial charge in [-0.2, -0.15) is 0 Å². The van der Waals surface area contributed by atoms with Crippen molar-refractivity contribution in [2.24, 2.45) is 11.8 Å². The van der Waals surface area contributed by atoms with Crippen molar-refractivity contribution in [3.63, 3.8) is 0 Å². The number of anilines is 1. The lowest BCUT2D eigenvalue weighted by atomic mass is 10.0. The van der Waals surface area contributed by atoms with E-state index in [-0.39, 0.29) is 0 Å². The summed E-state index contributed by atoms with van der Waals surface area (Å²) < 4.78 is 0. The van der Waals surface area contributed by atoms with Gasteiger partial charge in [-0.1, -0.05) is 31.5 Å². The quantitative estimate of drug-likeness (QED) is 0.858. The first-order chi connectivity index (χ1) is 8.15. The SMILES string of the molecule is Cc1ccc(NCCN2CC(C)C(C)C2)cc1. The lowest BCUT2D eigenvalue weighted by Crippen LogP contribution is -2.27. The molecule has 1 fully saturated rings. The number of hydrogen-bond donors (Lipinski definition) is 1. The summed E-state index contributed by atoms with van der Waals surface area (Å²) in [5.41, 5.74) is 2.55. The van der Waals surface area contributed by atoms with E-state index in [0.717, 1.165) is 24.9 Å². The second kappa shape index (κ2) is 5.54. The number of likely N-dealkylation sites (tertiary alicyclic amines) is 1. The highest BCUT2D eigenvalue weighted by molar-refractivity contribution is 5.44. The summed E-state index contributed by atoms with van der Waals surface area (Å²) in [6, 6.07) is 8.62. The van der Waals surface area contributed by atoms with E-state index in [1.54, 1.807) is 0 Å². The third-order valence-electron chi connectivity index (χ3n) is 3.87. The van der Waals surface area contributed by atoms with Gasteiger partial charge in [-0.25, -0.2) is 0 Å². The molecule has 17 heavy (non-hydrogen) atoms. The number of aryl methyl sites for hydroxylation is 1. The first-order valence-electron chi connectivity index (χ1n) is 6.68. The van der Waals surface area contributed by atoms with Crippen molar-refractivity contribution in [3.05, 3.63) is 29.8 Å². The summed E-state index contributed by atoms with van der Waals surface area (Å²) in [5, 5.41) is 3.49. The summed E-state index contributed by atoms with van der Waals surface area (Å²) in [6.45, 7) is 11.6. The van der Waals surface area contributed by atoms with E-state index >= 15 is 0 Å². The van der Waals surface area contributed by atoms with Crippen LogP contribution < -0.4 is 5.32 Å². The van der Waals surface area contributed by atoms with Gasteiger partial charge in [0, 0.05) is 31.9 Å². The summed E-state index contributed by atoms with van der Waals surface area (Å²) in [7, 11) is 0. The molecule has 0 radical (unpaired) electrons. The van der Waals surface area contributed by atoms with E-state index in [4.69, 9.17) is 0 Å². The molecule has 2 rings (SSSR count). The third-order valence-corrected chi connectivity index (χ3v) is 3.87. The van der Waals surface area contributed by atoms with Crippen LogP contribution in [0.25, 0.3) is 0 Å². The van der Waals surface area contributed by atoms with E-state index in [0.29, 0.717) is 0 Å². The average Bonchev–Trinajstić information content (AvgIpc) is 2.61. The van der Waals surface area contributed by atoms with Crippen LogP contribution in [-0.4, -0.2) is 31.1 Å². The Hall–Kier alpha value is -1.02. The Morgan fingerprint density at radius 1 is 1.12 bits per heavy atom. The molecule has 1 heterocycles. The standard InChI is InChI=1S/C15H24N2/c1-12-4-6-15(7-5-12)16-8-9-17-10-13(2)14(3)11-17/h4-7,13-14,16H,8-11H2,1-3H3. The summed E-state index contributed by atoms with van der Waals surface area (Å²) in [4.78, 5) is 2.57. The molecule has 0 aliphatic carbocycles. The second-order valence-electron chi connectivity index (χ2n) is 5.51. The van der Waals surface area contributed by atoms with Crippen LogP contribution >= 0.6 is 0 Å². The Bertz CT molecular complexity index is 334. The van der Waals surface area contributed by atoms with Crippen molar-refractivity contribution in [2.45, 2.75) is 20.8 Å². The highest BCUT2D eigenvalue weighted by atomic mass is 15.2. The third kappa shape index (κ3) is 3.47. The molecule has 0 bridgehead atoms. The Morgan fingerprint density at radius 3 is 2.29 bits per heavy atom. The van der Waals surface area contributed by atoms with Gasteiger partial charge in [0.1, 0.15) is 0 Å². The van der Waals surface area contributed by atoms with Gasteiger partial charge in [0.05, 0.1) is 0 Å². The van der Waals surface area contributed by atoms with Gasteiger partial charge in [0.2, 0.25) is 0 Å². The van der Waals surface area contributed by atoms with Crippen LogP contribution in [0.15, 0.2) is 24.3 Å². The van der Waals surface area contributed by atoms with Crippen molar-refractivity contribution >= 4 is 5.69 Å². The van der Waals surface area contributed by atoms with E-state index in [2.05, 4.69) is 55.3 Å². The zero-order valence-electron chi connectivity index (χ0n) is 11.2. The van der Waals surface area contributed by atoms with Crippen LogP contribution in [0.5, 0.6) is 0 Å². The van der Waals surface area contributed by atoms with Gasteiger partial charge in [0.25, 0.3) is 0 Å². The average molecular weight is 232 g/mol. The van der Waals surface area contributed by atoms with Crippen LogP contribution in [0.4, 0.5) is 5.69 Å². The van der Waals surface area contributed by atoms with E-state index in [1.807, 2.05) is 0 Å². The van der Waals surface area contributed by atoms with Gasteiger partial charge in [-0.15, -0.1) is 0 Å². The Labute approximate surface area is 105 Å². The van der Waals surface area contributed by atoms with Crippen LogP contribution in [0.3, 0.4) is 0 Å². The molecule has 2 heteroatoms. The maximum absolute atomic E-state index is 3.49. The predicted molar refractivity (Wildman–Crippen MR) is 74.4 cm³/mol. The van der Waals surface area contributed by atoms with E-state index < -0.39 is 0 Å². The number of benzene rings is 1. The number of hydrogen-bond acceptors (Lipinski definition) is 2. The topological polar surface area (TPSA) is 15.3 Å². The Morgan fingerprint density at radius 2 is 1.71 bits per heavy atom. The molecule has 2 unspecified atom stereocenters.